The molecule has 0 aliphatic carbocycles. The van der Waals surface area contributed by atoms with E-state index in [1.54, 1.807) is 0 Å². The van der Waals surface area contributed by atoms with Crippen molar-refractivity contribution < 1.29 is 9.63 Å². The van der Waals surface area contributed by atoms with Crippen molar-refractivity contribution in [2.24, 2.45) is 11.1 Å². The van der Waals surface area contributed by atoms with E-state index in [4.69, 9.17) is 4.84 Å². The lowest BCUT2D eigenvalue weighted by Gasteiger charge is -2.30. The lowest BCUT2D eigenvalue weighted by atomic mass is 9.99. The molecule has 0 atom stereocenters. The molecule has 0 bridgehead atoms. The molecule has 0 radical (unpaired) electrons. The molecule has 0 aromatic carbocycles. The fraction of sp³-hybridized carbons (Fsp3) is 0.857. The van der Waals surface area contributed by atoms with Crippen molar-refractivity contribution in [3.8, 4) is 0 Å². The van der Waals surface area contributed by atoms with Gasteiger partial charge in [-0.3, -0.25) is 4.79 Å². The highest BCUT2D eigenvalue weighted by Gasteiger charge is 2.19. The summed E-state index contributed by atoms with van der Waals surface area (Å²) < 4.78 is 0. The van der Waals surface area contributed by atoms with Crippen LogP contribution in [0, 0.1) is 5.92 Å². The number of amides is 1. The number of nitrogens with zero attached hydrogens (tertiary/aromatic N) is 2. The Labute approximate surface area is 110 Å². The van der Waals surface area contributed by atoms with E-state index < -0.39 is 0 Å². The van der Waals surface area contributed by atoms with E-state index in [-0.39, 0.29) is 5.91 Å². The number of oxime groups is 1. The molecular formula is C14H26N2O2. The molecule has 1 aliphatic rings. The van der Waals surface area contributed by atoms with Gasteiger partial charge in [0.05, 0.1) is 12.1 Å². The summed E-state index contributed by atoms with van der Waals surface area (Å²) in [5.41, 5.74) is 1.05. The molecule has 18 heavy (non-hydrogen) atoms. The average Bonchev–Trinajstić information content (AvgIpc) is 2.39. The summed E-state index contributed by atoms with van der Waals surface area (Å²) in [4.78, 5) is 19.0. The van der Waals surface area contributed by atoms with Crippen LogP contribution in [0.5, 0.6) is 0 Å². The molecule has 0 spiro atoms. The van der Waals surface area contributed by atoms with Crippen molar-refractivity contribution in [2.45, 2.75) is 52.9 Å². The zero-order valence-corrected chi connectivity index (χ0v) is 11.9. The highest BCUT2D eigenvalue weighted by atomic mass is 16.6. The van der Waals surface area contributed by atoms with Gasteiger partial charge in [0, 0.05) is 13.1 Å². The molecule has 4 heteroatoms. The second-order valence-electron chi connectivity index (χ2n) is 5.01. The maximum Gasteiger partial charge on any atom is 0.226 e. The van der Waals surface area contributed by atoms with Crippen LogP contribution in [-0.4, -0.2) is 36.2 Å². The molecule has 1 heterocycles. The Hall–Kier alpha value is -1.06. The third kappa shape index (κ3) is 5.07. The first kappa shape index (κ1) is 15.0. The van der Waals surface area contributed by atoms with Crippen molar-refractivity contribution in [1.82, 2.24) is 4.90 Å². The Balaban J connectivity index is 2.19. The highest BCUT2D eigenvalue weighted by molar-refractivity contribution is 5.83. The lowest BCUT2D eigenvalue weighted by molar-refractivity contribution is -0.133. The first-order valence-electron chi connectivity index (χ1n) is 7.12. The largest absolute Gasteiger partial charge is 0.395 e. The normalized spacial score (nSPS) is 16.5. The van der Waals surface area contributed by atoms with Crippen LogP contribution in [0.2, 0.25) is 0 Å². The minimum atomic E-state index is 0.201. The molecule has 1 aliphatic heterocycles. The van der Waals surface area contributed by atoms with Gasteiger partial charge in [-0.1, -0.05) is 25.9 Å². The summed E-state index contributed by atoms with van der Waals surface area (Å²) in [5, 5.41) is 4.04. The van der Waals surface area contributed by atoms with Crippen LogP contribution in [-0.2, 0) is 9.63 Å². The number of likely N-dealkylation sites (tertiary alicyclic amines) is 1. The maximum absolute atomic E-state index is 11.9. The van der Waals surface area contributed by atoms with E-state index in [9.17, 15) is 4.79 Å². The van der Waals surface area contributed by atoms with Gasteiger partial charge in [-0.2, -0.15) is 0 Å². The van der Waals surface area contributed by atoms with Gasteiger partial charge in [-0.25, -0.2) is 0 Å². The van der Waals surface area contributed by atoms with Crippen molar-refractivity contribution in [2.75, 3.05) is 19.7 Å². The van der Waals surface area contributed by atoms with Gasteiger partial charge in [-0.15, -0.1) is 0 Å². The molecule has 1 amide bonds. The number of hydrogen-bond donors (Lipinski definition) is 0. The topological polar surface area (TPSA) is 41.9 Å². The molecular weight excluding hydrogens is 228 g/mol. The van der Waals surface area contributed by atoms with Crippen molar-refractivity contribution in [3.63, 3.8) is 0 Å². The van der Waals surface area contributed by atoms with Gasteiger partial charge in [0.2, 0.25) is 5.91 Å². The molecule has 1 fully saturated rings. The van der Waals surface area contributed by atoms with E-state index in [0.717, 1.165) is 50.4 Å². The molecule has 0 unspecified atom stereocenters. The maximum atomic E-state index is 11.9. The SMILES string of the molecule is CCC(CC)=NOCCC(=O)N1CCC(C)CC1. The third-order valence-corrected chi connectivity index (χ3v) is 3.55. The van der Waals surface area contributed by atoms with Gasteiger partial charge in [0.1, 0.15) is 6.61 Å². The fourth-order valence-electron chi connectivity index (χ4n) is 2.07. The number of hydrogen-bond acceptors (Lipinski definition) is 3. The van der Waals surface area contributed by atoms with Crippen LogP contribution >= 0.6 is 0 Å². The Morgan fingerprint density at radius 2 is 1.89 bits per heavy atom. The van der Waals surface area contributed by atoms with Gasteiger partial charge in [-0.05, 0) is 31.6 Å². The molecule has 1 saturated heterocycles. The average molecular weight is 254 g/mol. The summed E-state index contributed by atoms with van der Waals surface area (Å²) in [5.74, 6) is 0.957. The number of carbonyl (C=O) groups excluding carboxylic acids is 1. The first-order chi connectivity index (χ1) is 8.67. The summed E-state index contributed by atoms with van der Waals surface area (Å²) in [7, 11) is 0. The highest BCUT2D eigenvalue weighted by Crippen LogP contribution is 2.16. The third-order valence-electron chi connectivity index (χ3n) is 3.55. The summed E-state index contributed by atoms with van der Waals surface area (Å²) in [6.45, 7) is 8.57. The second-order valence-corrected chi connectivity index (χ2v) is 5.01. The monoisotopic (exact) mass is 254 g/mol. The molecule has 0 aromatic rings. The molecule has 0 aromatic heterocycles. The van der Waals surface area contributed by atoms with Gasteiger partial charge in [0.15, 0.2) is 0 Å². The van der Waals surface area contributed by atoms with Crippen LogP contribution in [0.3, 0.4) is 0 Å². The van der Waals surface area contributed by atoms with Gasteiger partial charge in [0.25, 0.3) is 0 Å². The van der Waals surface area contributed by atoms with E-state index in [2.05, 4.69) is 25.9 Å². The van der Waals surface area contributed by atoms with Crippen molar-refractivity contribution in [1.29, 1.82) is 0 Å². The zero-order valence-electron chi connectivity index (χ0n) is 11.9. The zero-order chi connectivity index (χ0) is 13.4. The molecule has 0 N–H and O–H groups in total. The van der Waals surface area contributed by atoms with Crippen LogP contribution < -0.4 is 0 Å². The minimum Gasteiger partial charge on any atom is -0.395 e. The fourth-order valence-corrected chi connectivity index (χ4v) is 2.07. The summed E-state index contributed by atoms with van der Waals surface area (Å²) >= 11 is 0. The Kier molecular flexibility index (Phi) is 6.76. The quantitative estimate of drug-likeness (QED) is 0.415. The standard InChI is InChI=1S/C14H26N2O2/c1-4-13(5-2)15-18-11-8-14(17)16-9-6-12(3)7-10-16/h12H,4-11H2,1-3H3. The Morgan fingerprint density at radius 3 is 2.44 bits per heavy atom. The summed E-state index contributed by atoms with van der Waals surface area (Å²) in [6, 6.07) is 0. The predicted octanol–water partition coefficient (Wildman–Crippen LogP) is 2.83. The van der Waals surface area contributed by atoms with E-state index >= 15 is 0 Å². The van der Waals surface area contributed by atoms with Crippen molar-refractivity contribution >= 4 is 11.6 Å². The number of piperidine rings is 1. The number of rotatable bonds is 6. The van der Waals surface area contributed by atoms with Crippen LogP contribution in [0.1, 0.15) is 52.9 Å². The molecule has 1 rings (SSSR count). The summed E-state index contributed by atoms with van der Waals surface area (Å²) in [6.07, 6.45) is 4.52. The second kappa shape index (κ2) is 8.11. The van der Waals surface area contributed by atoms with Crippen LogP contribution in [0.25, 0.3) is 0 Å². The molecule has 104 valence electrons. The Morgan fingerprint density at radius 1 is 1.28 bits per heavy atom. The Bertz CT molecular complexity index is 276. The van der Waals surface area contributed by atoms with Gasteiger partial charge >= 0.3 is 0 Å². The van der Waals surface area contributed by atoms with Crippen LogP contribution in [0.4, 0.5) is 0 Å². The van der Waals surface area contributed by atoms with E-state index in [0.29, 0.717) is 13.0 Å². The van der Waals surface area contributed by atoms with Crippen LogP contribution in [0.15, 0.2) is 5.16 Å². The van der Waals surface area contributed by atoms with E-state index in [1.807, 2.05) is 4.90 Å². The predicted molar refractivity (Wildman–Crippen MR) is 73.6 cm³/mol. The smallest absolute Gasteiger partial charge is 0.226 e. The molecule has 4 nitrogen and oxygen atoms in total. The lowest BCUT2D eigenvalue weighted by Crippen LogP contribution is -2.38. The first-order valence-corrected chi connectivity index (χ1v) is 7.12. The minimum absolute atomic E-state index is 0.201. The van der Waals surface area contributed by atoms with Crippen molar-refractivity contribution in [3.05, 3.63) is 0 Å². The number of carbonyl (C=O) groups is 1. The molecule has 0 saturated carbocycles. The van der Waals surface area contributed by atoms with E-state index in [1.165, 1.54) is 0 Å². The van der Waals surface area contributed by atoms with Gasteiger partial charge < -0.3 is 9.74 Å².